The molecule has 4 atom stereocenters. The Morgan fingerprint density at radius 3 is 2.24 bits per heavy atom. The second-order valence-corrected chi connectivity index (χ2v) is 9.13. The maximum atomic E-state index is 12.6. The molecule has 116 valence electrons. The molecular weight excluding hydrogens is 397 g/mol. The first kappa shape index (κ1) is 17.3. The first-order valence-corrected chi connectivity index (χ1v) is 9.54. The molecule has 0 aromatic heterocycles. The van der Waals surface area contributed by atoms with Gasteiger partial charge in [0.25, 0.3) is 0 Å². The number of hydrogen-bond donors (Lipinski definition) is 1. The van der Waals surface area contributed by atoms with E-state index in [2.05, 4.69) is 21.2 Å². The molecule has 1 aromatic carbocycles. The molecule has 1 fully saturated rings. The molecule has 1 unspecified atom stereocenters. The predicted molar refractivity (Wildman–Crippen MR) is 91.1 cm³/mol. The number of carbonyl (C=O) groups excluding carboxylic acids is 1. The summed E-state index contributed by atoms with van der Waals surface area (Å²) in [7, 11) is -1.45. The van der Waals surface area contributed by atoms with Crippen molar-refractivity contribution in [2.24, 2.45) is 5.92 Å². The number of halogens is 3. The van der Waals surface area contributed by atoms with Crippen molar-refractivity contribution in [2.75, 3.05) is 6.26 Å². The number of rotatable bonds is 4. The number of hydrogen-bond acceptors (Lipinski definition) is 2. The summed E-state index contributed by atoms with van der Waals surface area (Å²) in [6.45, 7) is 3.61. The molecule has 0 bridgehead atoms. The van der Waals surface area contributed by atoms with Gasteiger partial charge in [-0.05, 0) is 24.6 Å². The molecule has 0 heterocycles. The Kier molecular flexibility index (Phi) is 4.80. The predicted octanol–water partition coefficient (Wildman–Crippen LogP) is 3.57. The topological polar surface area (TPSA) is 46.2 Å². The largest absolute Gasteiger partial charge is 0.348 e. The van der Waals surface area contributed by atoms with Gasteiger partial charge in [-0.15, -0.1) is 0 Å². The lowest BCUT2D eigenvalue weighted by Gasteiger charge is -2.20. The quantitative estimate of drug-likeness (QED) is 0.768. The Balaban J connectivity index is 2.18. The Morgan fingerprint density at radius 2 is 1.86 bits per heavy atom. The minimum absolute atomic E-state index is 0.219. The summed E-state index contributed by atoms with van der Waals surface area (Å²) in [4.78, 5) is 12.6. The van der Waals surface area contributed by atoms with Gasteiger partial charge in [0.15, 0.2) is 4.75 Å². The van der Waals surface area contributed by atoms with Crippen LogP contribution in [0.1, 0.15) is 25.5 Å². The molecule has 1 aliphatic carbocycles. The van der Waals surface area contributed by atoms with Crippen LogP contribution in [0, 0.1) is 5.92 Å². The average Bonchev–Trinajstić information content (AvgIpc) is 2.85. The molecule has 21 heavy (non-hydrogen) atoms. The third-order valence-corrected chi connectivity index (χ3v) is 7.85. The fourth-order valence-electron chi connectivity index (χ4n) is 2.60. The highest BCUT2D eigenvalue weighted by Gasteiger charge is 2.81. The fourth-order valence-corrected chi connectivity index (χ4v) is 5.86. The summed E-state index contributed by atoms with van der Waals surface area (Å²) in [5.41, 5.74) is 0.951. The summed E-state index contributed by atoms with van der Waals surface area (Å²) >= 11 is 15.7. The van der Waals surface area contributed by atoms with Crippen LogP contribution < -0.4 is 5.32 Å². The Bertz CT molecular complexity index is 593. The highest BCUT2D eigenvalue weighted by atomic mass is 79.9. The lowest BCUT2D eigenvalue weighted by atomic mass is 10.1. The van der Waals surface area contributed by atoms with Crippen LogP contribution in [0.15, 0.2) is 28.7 Å². The van der Waals surface area contributed by atoms with Crippen LogP contribution in [-0.2, 0) is 15.6 Å². The Morgan fingerprint density at radius 1 is 1.38 bits per heavy atom. The van der Waals surface area contributed by atoms with Crippen LogP contribution in [-0.4, -0.2) is 25.5 Å². The van der Waals surface area contributed by atoms with Crippen LogP contribution >= 0.6 is 39.1 Å². The molecule has 0 spiro atoms. The zero-order chi connectivity index (χ0) is 16.0. The van der Waals surface area contributed by atoms with Crippen molar-refractivity contribution in [2.45, 2.75) is 29.0 Å². The monoisotopic (exact) mass is 411 g/mol. The summed E-state index contributed by atoms with van der Waals surface area (Å²) in [6, 6.07) is 7.41. The van der Waals surface area contributed by atoms with Crippen molar-refractivity contribution in [3.05, 3.63) is 34.3 Å². The van der Waals surface area contributed by atoms with Crippen LogP contribution in [0.3, 0.4) is 0 Å². The van der Waals surface area contributed by atoms with Gasteiger partial charge in [-0.25, -0.2) is 0 Å². The van der Waals surface area contributed by atoms with Gasteiger partial charge in [-0.3, -0.25) is 9.00 Å². The van der Waals surface area contributed by atoms with E-state index < -0.39 is 19.9 Å². The normalized spacial score (nSPS) is 29.5. The van der Waals surface area contributed by atoms with E-state index in [-0.39, 0.29) is 17.9 Å². The van der Waals surface area contributed by atoms with Gasteiger partial charge in [0, 0.05) is 27.4 Å². The smallest absolute Gasteiger partial charge is 0.242 e. The Labute approximate surface area is 145 Å². The standard InChI is InChI=1S/C14H16BrCl2NO2S/c1-8(10-4-6-11(15)7-5-10)18-12(19)13(21(3)20)9(2)14(13,16)17/h4-9H,1-3H3,(H,18,19)/t8-,9-,13-,21?/m1/s1. The summed E-state index contributed by atoms with van der Waals surface area (Å²) in [5, 5.41) is 2.87. The second kappa shape index (κ2) is 5.84. The van der Waals surface area contributed by atoms with Crippen molar-refractivity contribution >= 4 is 55.8 Å². The first-order chi connectivity index (χ1) is 9.65. The molecule has 1 aliphatic rings. The molecule has 3 nitrogen and oxygen atoms in total. The lowest BCUT2D eigenvalue weighted by Crippen LogP contribution is -2.44. The average molecular weight is 413 g/mol. The van der Waals surface area contributed by atoms with Gasteiger partial charge in [-0.2, -0.15) is 0 Å². The minimum Gasteiger partial charge on any atom is -0.348 e. The van der Waals surface area contributed by atoms with E-state index in [4.69, 9.17) is 23.2 Å². The fraction of sp³-hybridized carbons (Fsp3) is 0.500. The first-order valence-electron chi connectivity index (χ1n) is 6.43. The molecule has 1 N–H and O–H groups in total. The molecule has 0 radical (unpaired) electrons. The zero-order valence-electron chi connectivity index (χ0n) is 11.8. The highest BCUT2D eigenvalue weighted by molar-refractivity contribution is 9.10. The van der Waals surface area contributed by atoms with E-state index in [0.29, 0.717) is 0 Å². The minimum atomic E-state index is -1.45. The van der Waals surface area contributed by atoms with E-state index in [1.165, 1.54) is 6.26 Å². The van der Waals surface area contributed by atoms with E-state index in [1.807, 2.05) is 31.2 Å². The van der Waals surface area contributed by atoms with Gasteiger partial charge in [-0.1, -0.05) is 58.2 Å². The molecule has 1 aromatic rings. The summed E-state index contributed by atoms with van der Waals surface area (Å²) < 4.78 is 10.5. The Hall–Kier alpha value is -0.100. The third-order valence-electron chi connectivity index (χ3n) is 4.07. The van der Waals surface area contributed by atoms with E-state index in [0.717, 1.165) is 10.0 Å². The summed E-state index contributed by atoms with van der Waals surface area (Å²) in [5.74, 6) is -0.715. The van der Waals surface area contributed by atoms with Crippen LogP contribution in [0.5, 0.6) is 0 Å². The van der Waals surface area contributed by atoms with Crippen molar-refractivity contribution in [1.82, 2.24) is 5.32 Å². The number of amides is 1. The SMILES string of the molecule is C[C@@H](NC(=O)[C@]1(S(C)=O)[C@@H](C)C1(Cl)Cl)c1ccc(Br)cc1. The van der Waals surface area contributed by atoms with Crippen molar-refractivity contribution in [1.29, 1.82) is 0 Å². The number of nitrogens with one attached hydrogen (secondary N) is 1. The van der Waals surface area contributed by atoms with Crippen LogP contribution in [0.4, 0.5) is 0 Å². The third kappa shape index (κ3) is 2.67. The maximum absolute atomic E-state index is 12.6. The van der Waals surface area contributed by atoms with E-state index in [9.17, 15) is 9.00 Å². The molecule has 0 saturated heterocycles. The molecule has 1 saturated carbocycles. The molecule has 1 amide bonds. The zero-order valence-corrected chi connectivity index (χ0v) is 15.7. The molecule has 2 rings (SSSR count). The molecule has 0 aliphatic heterocycles. The van der Waals surface area contributed by atoms with E-state index >= 15 is 0 Å². The van der Waals surface area contributed by atoms with Gasteiger partial charge < -0.3 is 5.32 Å². The number of alkyl halides is 2. The second-order valence-electron chi connectivity index (χ2n) is 5.28. The van der Waals surface area contributed by atoms with Gasteiger partial charge in [0.1, 0.15) is 4.33 Å². The number of carbonyl (C=O) groups is 1. The molecule has 7 heteroatoms. The van der Waals surface area contributed by atoms with Crippen molar-refractivity contribution < 1.29 is 9.00 Å². The highest BCUT2D eigenvalue weighted by Crippen LogP contribution is 2.65. The number of benzene rings is 1. The van der Waals surface area contributed by atoms with Gasteiger partial charge >= 0.3 is 0 Å². The van der Waals surface area contributed by atoms with Crippen molar-refractivity contribution in [3.63, 3.8) is 0 Å². The van der Waals surface area contributed by atoms with Gasteiger partial charge in [0.05, 0.1) is 6.04 Å². The van der Waals surface area contributed by atoms with Crippen LogP contribution in [0.25, 0.3) is 0 Å². The van der Waals surface area contributed by atoms with Crippen molar-refractivity contribution in [3.8, 4) is 0 Å². The van der Waals surface area contributed by atoms with E-state index in [1.54, 1.807) is 6.92 Å². The summed E-state index contributed by atoms with van der Waals surface area (Å²) in [6.07, 6.45) is 1.47. The van der Waals surface area contributed by atoms with Crippen LogP contribution in [0.2, 0.25) is 0 Å². The van der Waals surface area contributed by atoms with Gasteiger partial charge in [0.2, 0.25) is 5.91 Å². The maximum Gasteiger partial charge on any atom is 0.242 e. The lowest BCUT2D eigenvalue weighted by molar-refractivity contribution is -0.122. The molecular formula is C14H16BrCl2NO2S.